The Labute approximate surface area is 160 Å². The average molecular weight is 351 g/mol. The third-order valence-electron chi connectivity index (χ3n) is 3.78. The van der Waals surface area contributed by atoms with Gasteiger partial charge in [-0.3, -0.25) is 0 Å². The first kappa shape index (κ1) is 21.6. The van der Waals surface area contributed by atoms with E-state index in [-0.39, 0.29) is 0 Å². The minimum absolute atomic E-state index is 0.828. The first-order valence-electron chi connectivity index (χ1n) is 9.60. The van der Waals surface area contributed by atoms with Crippen molar-refractivity contribution in [1.29, 1.82) is 0 Å². The van der Waals surface area contributed by atoms with E-state index in [1.54, 1.807) is 0 Å². The highest BCUT2D eigenvalue weighted by atomic mass is 15.3. The number of hydrogen-bond donors (Lipinski definition) is 0. The van der Waals surface area contributed by atoms with Crippen LogP contribution in [0.1, 0.15) is 41.5 Å². The highest BCUT2D eigenvalue weighted by Crippen LogP contribution is 2.47. The van der Waals surface area contributed by atoms with Gasteiger partial charge in [0, 0.05) is 13.1 Å². The first-order valence-corrected chi connectivity index (χ1v) is 9.60. The minimum atomic E-state index is 0.828. The molecule has 1 aliphatic rings. The molecule has 0 bridgehead atoms. The van der Waals surface area contributed by atoms with Gasteiger partial charge < -0.3 is 9.80 Å². The Bertz CT molecular complexity index is 621. The van der Waals surface area contributed by atoms with Crippen LogP contribution in [0.2, 0.25) is 0 Å². The Morgan fingerprint density at radius 2 is 0.846 bits per heavy atom. The molecule has 1 aliphatic heterocycles. The molecule has 0 atom stereocenters. The third kappa shape index (κ3) is 4.78. The fourth-order valence-electron chi connectivity index (χ4n) is 2.98. The Hall–Kier alpha value is -2.48. The van der Waals surface area contributed by atoms with Crippen LogP contribution >= 0.6 is 0 Å². The standard InChI is InChI=1S/C20H22N2.2C2H6/c1-15(2)13-21-17-9-5-7-11-19(17)22(14-16(3)4)20-12-8-6-10-18(20)21;2*1-2/h5-12H,1,3,13-14H2,2,4H3;2*1-2H3. The summed E-state index contributed by atoms with van der Waals surface area (Å²) in [6.45, 7) is 22.0. The van der Waals surface area contributed by atoms with Gasteiger partial charge in [0.05, 0.1) is 22.7 Å². The number of rotatable bonds is 4. The summed E-state index contributed by atoms with van der Waals surface area (Å²) >= 11 is 0. The van der Waals surface area contributed by atoms with Crippen LogP contribution in [0.3, 0.4) is 0 Å². The van der Waals surface area contributed by atoms with Crippen molar-refractivity contribution in [3.05, 3.63) is 72.8 Å². The van der Waals surface area contributed by atoms with E-state index < -0.39 is 0 Å². The van der Waals surface area contributed by atoms with Crippen molar-refractivity contribution in [1.82, 2.24) is 0 Å². The molecule has 2 nitrogen and oxygen atoms in total. The van der Waals surface area contributed by atoms with E-state index in [0.717, 1.165) is 24.2 Å². The summed E-state index contributed by atoms with van der Waals surface area (Å²) in [5, 5.41) is 0. The second-order valence-electron chi connectivity index (χ2n) is 6.06. The molecule has 0 amide bonds. The molecular formula is C24H34N2. The summed E-state index contributed by atoms with van der Waals surface area (Å²) in [4.78, 5) is 4.70. The largest absolute Gasteiger partial charge is 0.334 e. The molecule has 0 aromatic heterocycles. The molecule has 26 heavy (non-hydrogen) atoms. The van der Waals surface area contributed by atoms with Crippen LogP contribution in [0.5, 0.6) is 0 Å². The monoisotopic (exact) mass is 350 g/mol. The fourth-order valence-corrected chi connectivity index (χ4v) is 2.98. The number of fused-ring (bicyclic) bond motifs is 2. The molecule has 0 saturated carbocycles. The molecule has 140 valence electrons. The van der Waals surface area contributed by atoms with Crippen molar-refractivity contribution < 1.29 is 0 Å². The lowest BCUT2D eigenvalue weighted by Gasteiger charge is -2.40. The van der Waals surface area contributed by atoms with Crippen LogP contribution in [0.15, 0.2) is 72.8 Å². The van der Waals surface area contributed by atoms with E-state index in [0.29, 0.717) is 0 Å². The molecule has 1 heterocycles. The van der Waals surface area contributed by atoms with Crippen LogP contribution in [0.4, 0.5) is 22.7 Å². The van der Waals surface area contributed by atoms with E-state index in [2.05, 4.69) is 85.3 Å². The number of benzene rings is 2. The maximum atomic E-state index is 4.09. The van der Waals surface area contributed by atoms with E-state index >= 15 is 0 Å². The van der Waals surface area contributed by atoms with Gasteiger partial charge in [-0.2, -0.15) is 0 Å². The van der Waals surface area contributed by atoms with Crippen molar-refractivity contribution in [2.75, 3.05) is 22.9 Å². The minimum Gasteiger partial charge on any atom is -0.334 e. The maximum absolute atomic E-state index is 4.09. The van der Waals surface area contributed by atoms with E-state index in [4.69, 9.17) is 0 Å². The molecule has 0 fully saturated rings. The van der Waals surface area contributed by atoms with Gasteiger partial charge >= 0.3 is 0 Å². The molecule has 0 aliphatic carbocycles. The molecule has 0 radical (unpaired) electrons. The lowest BCUT2D eigenvalue weighted by molar-refractivity contribution is 0.964. The molecule has 2 aromatic carbocycles. The molecule has 0 saturated heterocycles. The Morgan fingerprint density at radius 1 is 0.615 bits per heavy atom. The first-order chi connectivity index (χ1) is 12.6. The summed E-state index contributed by atoms with van der Waals surface area (Å²) in [7, 11) is 0. The predicted octanol–water partition coefficient (Wildman–Crippen LogP) is 7.48. The summed E-state index contributed by atoms with van der Waals surface area (Å²) in [5.41, 5.74) is 7.21. The van der Waals surface area contributed by atoms with Crippen LogP contribution in [-0.2, 0) is 0 Å². The number of para-hydroxylation sites is 4. The van der Waals surface area contributed by atoms with Crippen LogP contribution in [0, 0.1) is 0 Å². The van der Waals surface area contributed by atoms with Crippen LogP contribution < -0.4 is 9.80 Å². The van der Waals surface area contributed by atoms with Gasteiger partial charge in [-0.1, -0.05) is 76.3 Å². The summed E-state index contributed by atoms with van der Waals surface area (Å²) in [5.74, 6) is 0. The number of nitrogens with zero attached hydrogens (tertiary/aromatic N) is 2. The van der Waals surface area contributed by atoms with Gasteiger partial charge in [0.1, 0.15) is 0 Å². The highest BCUT2D eigenvalue weighted by molar-refractivity contribution is 5.93. The van der Waals surface area contributed by atoms with Crippen LogP contribution in [0.25, 0.3) is 0 Å². The van der Waals surface area contributed by atoms with Gasteiger partial charge in [-0.15, -0.1) is 0 Å². The predicted molar refractivity (Wildman–Crippen MR) is 119 cm³/mol. The van der Waals surface area contributed by atoms with Gasteiger partial charge in [0.2, 0.25) is 0 Å². The topological polar surface area (TPSA) is 6.48 Å². The molecular weight excluding hydrogens is 316 g/mol. The molecule has 0 spiro atoms. The van der Waals surface area contributed by atoms with Crippen molar-refractivity contribution in [3.8, 4) is 0 Å². The lowest BCUT2D eigenvalue weighted by Crippen LogP contribution is -2.31. The summed E-state index contributed by atoms with van der Waals surface area (Å²) in [6, 6.07) is 17.1. The third-order valence-corrected chi connectivity index (χ3v) is 3.78. The van der Waals surface area contributed by atoms with E-state index in [9.17, 15) is 0 Å². The van der Waals surface area contributed by atoms with Crippen molar-refractivity contribution in [2.45, 2.75) is 41.5 Å². The second-order valence-corrected chi connectivity index (χ2v) is 6.06. The summed E-state index contributed by atoms with van der Waals surface area (Å²) < 4.78 is 0. The molecule has 2 aromatic rings. The Morgan fingerprint density at radius 3 is 1.04 bits per heavy atom. The fraction of sp³-hybridized carbons (Fsp3) is 0.333. The number of hydrogen-bond acceptors (Lipinski definition) is 2. The van der Waals surface area contributed by atoms with Gasteiger partial charge in [0.15, 0.2) is 0 Å². The lowest BCUT2D eigenvalue weighted by atomic mass is 10.1. The zero-order valence-corrected chi connectivity index (χ0v) is 17.3. The molecule has 0 N–H and O–H groups in total. The number of anilines is 4. The van der Waals surface area contributed by atoms with Crippen LogP contribution in [-0.4, -0.2) is 13.1 Å². The zero-order valence-electron chi connectivity index (χ0n) is 17.3. The van der Waals surface area contributed by atoms with Gasteiger partial charge in [0.25, 0.3) is 0 Å². The van der Waals surface area contributed by atoms with Gasteiger partial charge in [-0.05, 0) is 38.1 Å². The van der Waals surface area contributed by atoms with Crippen molar-refractivity contribution in [3.63, 3.8) is 0 Å². The smallest absolute Gasteiger partial charge is 0.0655 e. The zero-order chi connectivity index (χ0) is 19.7. The highest BCUT2D eigenvalue weighted by Gasteiger charge is 2.27. The van der Waals surface area contributed by atoms with Crippen molar-refractivity contribution in [2.24, 2.45) is 0 Å². The average Bonchev–Trinajstić information content (AvgIpc) is 2.67. The van der Waals surface area contributed by atoms with Gasteiger partial charge in [-0.25, -0.2) is 0 Å². The quantitative estimate of drug-likeness (QED) is 0.527. The summed E-state index contributed by atoms with van der Waals surface area (Å²) in [6.07, 6.45) is 0. The Balaban J connectivity index is 0.000000791. The molecule has 3 rings (SSSR count). The van der Waals surface area contributed by atoms with E-state index in [1.165, 1.54) is 22.7 Å². The SMILES string of the molecule is C=C(C)CN1c2ccccc2N(CC(=C)C)c2ccccc21.CC.CC. The van der Waals surface area contributed by atoms with Crippen molar-refractivity contribution >= 4 is 22.7 Å². The Kier molecular flexibility index (Phi) is 8.71. The second kappa shape index (κ2) is 10.5. The molecule has 2 heteroatoms. The van der Waals surface area contributed by atoms with E-state index in [1.807, 2.05) is 27.7 Å². The maximum Gasteiger partial charge on any atom is 0.0655 e. The molecule has 0 unspecified atom stereocenters. The normalized spacial score (nSPS) is 11.2.